The monoisotopic (exact) mass is 240 g/mol. The van der Waals surface area contributed by atoms with Crippen molar-refractivity contribution in [1.82, 2.24) is 0 Å². The van der Waals surface area contributed by atoms with E-state index in [4.69, 9.17) is 11.6 Å². The van der Waals surface area contributed by atoms with Crippen LogP contribution in [-0.4, -0.2) is 11.9 Å². The van der Waals surface area contributed by atoms with Crippen LogP contribution in [0.3, 0.4) is 0 Å². The SMILES string of the molecule is CCCCC(=O)OC(=O)c1ccccc1Cl. The maximum absolute atomic E-state index is 11.5. The van der Waals surface area contributed by atoms with E-state index < -0.39 is 11.9 Å². The molecule has 0 aliphatic carbocycles. The predicted molar refractivity (Wildman–Crippen MR) is 61.4 cm³/mol. The van der Waals surface area contributed by atoms with E-state index in [1.807, 2.05) is 6.92 Å². The fourth-order valence-electron chi connectivity index (χ4n) is 1.16. The lowest BCUT2D eigenvalue weighted by Gasteiger charge is -2.03. The van der Waals surface area contributed by atoms with Crippen molar-refractivity contribution in [1.29, 1.82) is 0 Å². The normalized spacial score (nSPS) is 9.88. The Morgan fingerprint density at radius 3 is 2.62 bits per heavy atom. The van der Waals surface area contributed by atoms with Crippen molar-refractivity contribution in [2.24, 2.45) is 0 Å². The predicted octanol–water partition coefficient (Wildman–Crippen LogP) is 3.21. The van der Waals surface area contributed by atoms with E-state index >= 15 is 0 Å². The first-order valence-electron chi connectivity index (χ1n) is 5.14. The number of hydrogen-bond acceptors (Lipinski definition) is 3. The molecule has 0 saturated carbocycles. The number of unbranched alkanes of at least 4 members (excludes halogenated alkanes) is 1. The van der Waals surface area contributed by atoms with Gasteiger partial charge in [0.2, 0.25) is 0 Å². The molecule has 0 unspecified atom stereocenters. The molecule has 1 rings (SSSR count). The Hall–Kier alpha value is -1.35. The van der Waals surface area contributed by atoms with Gasteiger partial charge in [-0.05, 0) is 18.6 Å². The highest BCUT2D eigenvalue weighted by Crippen LogP contribution is 2.16. The van der Waals surface area contributed by atoms with Crippen molar-refractivity contribution in [2.45, 2.75) is 26.2 Å². The van der Waals surface area contributed by atoms with Gasteiger partial charge in [0.1, 0.15) is 0 Å². The van der Waals surface area contributed by atoms with Crippen LogP contribution in [0.25, 0.3) is 0 Å². The third-order valence-corrected chi connectivity index (χ3v) is 2.36. The number of halogens is 1. The Bertz CT molecular complexity index is 388. The standard InChI is InChI=1S/C12H13ClO3/c1-2-3-8-11(14)16-12(15)9-6-4-5-7-10(9)13/h4-7H,2-3,8H2,1H3. The van der Waals surface area contributed by atoms with Crippen LogP contribution in [0.15, 0.2) is 24.3 Å². The number of ether oxygens (including phenoxy) is 1. The van der Waals surface area contributed by atoms with Gasteiger partial charge in [0.25, 0.3) is 0 Å². The van der Waals surface area contributed by atoms with Crippen LogP contribution in [-0.2, 0) is 9.53 Å². The molecule has 16 heavy (non-hydrogen) atoms. The van der Waals surface area contributed by atoms with Crippen LogP contribution in [0.4, 0.5) is 0 Å². The number of benzene rings is 1. The number of carbonyl (C=O) groups is 2. The number of carbonyl (C=O) groups excluding carboxylic acids is 2. The van der Waals surface area contributed by atoms with Gasteiger partial charge < -0.3 is 4.74 Å². The second-order valence-corrected chi connectivity index (χ2v) is 3.75. The molecular formula is C12H13ClO3. The highest BCUT2D eigenvalue weighted by atomic mass is 35.5. The van der Waals surface area contributed by atoms with Crippen molar-refractivity contribution in [3.8, 4) is 0 Å². The van der Waals surface area contributed by atoms with Crippen LogP contribution in [0, 0.1) is 0 Å². The van der Waals surface area contributed by atoms with Gasteiger partial charge in [-0.1, -0.05) is 37.1 Å². The minimum Gasteiger partial charge on any atom is -0.389 e. The molecule has 86 valence electrons. The van der Waals surface area contributed by atoms with Crippen molar-refractivity contribution in [3.63, 3.8) is 0 Å². The van der Waals surface area contributed by atoms with Gasteiger partial charge in [0.15, 0.2) is 0 Å². The van der Waals surface area contributed by atoms with Crippen molar-refractivity contribution < 1.29 is 14.3 Å². The average molecular weight is 241 g/mol. The van der Waals surface area contributed by atoms with Crippen LogP contribution in [0.1, 0.15) is 36.5 Å². The summed E-state index contributed by atoms with van der Waals surface area (Å²) in [6.45, 7) is 1.96. The first-order valence-corrected chi connectivity index (χ1v) is 5.52. The van der Waals surface area contributed by atoms with Crippen molar-refractivity contribution in [2.75, 3.05) is 0 Å². The van der Waals surface area contributed by atoms with Gasteiger partial charge in [0, 0.05) is 6.42 Å². The number of esters is 2. The first-order chi connectivity index (χ1) is 7.65. The van der Waals surface area contributed by atoms with Crippen LogP contribution < -0.4 is 0 Å². The smallest absolute Gasteiger partial charge is 0.347 e. The van der Waals surface area contributed by atoms with E-state index in [9.17, 15) is 9.59 Å². The molecular weight excluding hydrogens is 228 g/mol. The second-order valence-electron chi connectivity index (χ2n) is 3.34. The zero-order chi connectivity index (χ0) is 12.0. The Kier molecular flexibility index (Phi) is 4.99. The van der Waals surface area contributed by atoms with E-state index in [1.54, 1.807) is 18.2 Å². The van der Waals surface area contributed by atoms with E-state index in [-0.39, 0.29) is 17.0 Å². The zero-order valence-electron chi connectivity index (χ0n) is 9.03. The maximum atomic E-state index is 11.5. The van der Waals surface area contributed by atoms with Crippen molar-refractivity contribution in [3.05, 3.63) is 34.9 Å². The van der Waals surface area contributed by atoms with Crippen molar-refractivity contribution >= 4 is 23.5 Å². The van der Waals surface area contributed by atoms with Gasteiger partial charge >= 0.3 is 11.9 Å². The lowest BCUT2D eigenvalue weighted by Crippen LogP contribution is -2.12. The van der Waals surface area contributed by atoms with Gasteiger partial charge in [-0.15, -0.1) is 0 Å². The number of hydrogen-bond donors (Lipinski definition) is 0. The largest absolute Gasteiger partial charge is 0.389 e. The quantitative estimate of drug-likeness (QED) is 0.600. The molecule has 0 spiro atoms. The molecule has 0 saturated heterocycles. The molecule has 0 heterocycles. The summed E-state index contributed by atoms with van der Waals surface area (Å²) >= 11 is 5.79. The molecule has 4 heteroatoms. The molecule has 0 bridgehead atoms. The summed E-state index contributed by atoms with van der Waals surface area (Å²) in [5.41, 5.74) is 0.217. The lowest BCUT2D eigenvalue weighted by molar-refractivity contribution is -0.138. The molecule has 0 fully saturated rings. The third-order valence-electron chi connectivity index (χ3n) is 2.03. The molecule has 0 amide bonds. The number of rotatable bonds is 4. The zero-order valence-corrected chi connectivity index (χ0v) is 9.79. The lowest BCUT2D eigenvalue weighted by atomic mass is 10.2. The third kappa shape index (κ3) is 3.66. The highest BCUT2D eigenvalue weighted by molar-refractivity contribution is 6.33. The minimum atomic E-state index is -0.688. The Labute approximate surface area is 99.4 Å². The molecule has 3 nitrogen and oxygen atoms in total. The highest BCUT2D eigenvalue weighted by Gasteiger charge is 2.14. The Balaban J connectivity index is 2.59. The molecule has 1 aromatic carbocycles. The fraction of sp³-hybridized carbons (Fsp3) is 0.333. The van der Waals surface area contributed by atoms with Gasteiger partial charge in [-0.2, -0.15) is 0 Å². The van der Waals surface area contributed by atoms with E-state index in [1.165, 1.54) is 6.07 Å². The molecule has 0 N–H and O–H groups in total. The maximum Gasteiger partial charge on any atom is 0.347 e. The first kappa shape index (κ1) is 12.7. The summed E-state index contributed by atoms with van der Waals surface area (Å²) in [4.78, 5) is 22.7. The Morgan fingerprint density at radius 1 is 1.31 bits per heavy atom. The summed E-state index contributed by atoms with van der Waals surface area (Å²) in [6.07, 6.45) is 1.86. The molecule has 0 atom stereocenters. The van der Waals surface area contributed by atoms with Crippen LogP contribution in [0.5, 0.6) is 0 Å². The molecule has 0 aliphatic heterocycles. The molecule has 1 aromatic rings. The summed E-state index contributed by atoms with van der Waals surface area (Å²) in [7, 11) is 0. The average Bonchev–Trinajstić information content (AvgIpc) is 2.26. The van der Waals surface area contributed by atoms with Gasteiger partial charge in [0.05, 0.1) is 10.6 Å². The molecule has 0 aromatic heterocycles. The molecule has 0 radical (unpaired) electrons. The van der Waals surface area contributed by atoms with Gasteiger partial charge in [-0.3, -0.25) is 4.79 Å². The van der Waals surface area contributed by atoms with Gasteiger partial charge in [-0.25, -0.2) is 4.79 Å². The van der Waals surface area contributed by atoms with Crippen LogP contribution in [0.2, 0.25) is 5.02 Å². The van der Waals surface area contributed by atoms with E-state index in [2.05, 4.69) is 4.74 Å². The minimum absolute atomic E-state index is 0.217. The summed E-state index contributed by atoms with van der Waals surface area (Å²) < 4.78 is 4.66. The van der Waals surface area contributed by atoms with Crippen LogP contribution >= 0.6 is 11.6 Å². The molecule has 0 aliphatic rings. The second kappa shape index (κ2) is 6.28. The Morgan fingerprint density at radius 2 is 2.00 bits per heavy atom. The topological polar surface area (TPSA) is 43.4 Å². The fourth-order valence-corrected chi connectivity index (χ4v) is 1.37. The van der Waals surface area contributed by atoms with E-state index in [0.29, 0.717) is 6.42 Å². The summed E-state index contributed by atoms with van der Waals surface area (Å²) in [5.74, 6) is -1.20. The van der Waals surface area contributed by atoms with E-state index in [0.717, 1.165) is 6.42 Å². The summed E-state index contributed by atoms with van der Waals surface area (Å²) in [6, 6.07) is 6.48. The summed E-state index contributed by atoms with van der Waals surface area (Å²) in [5, 5.41) is 0.288.